The van der Waals surface area contributed by atoms with Crippen molar-refractivity contribution in [1.29, 1.82) is 0 Å². The van der Waals surface area contributed by atoms with E-state index in [1.54, 1.807) is 0 Å². The average molecular weight is 304 g/mol. The van der Waals surface area contributed by atoms with E-state index in [1.807, 2.05) is 0 Å². The molecule has 4 atom stereocenters. The van der Waals surface area contributed by atoms with Crippen LogP contribution in [0.2, 0.25) is 0 Å². The van der Waals surface area contributed by atoms with Gasteiger partial charge in [-0.05, 0) is 46.0 Å². The molecule has 1 saturated heterocycles. The lowest BCUT2D eigenvalue weighted by Crippen LogP contribution is -2.32. The van der Waals surface area contributed by atoms with Crippen LogP contribution in [0.1, 0.15) is 59.8 Å². The van der Waals surface area contributed by atoms with Gasteiger partial charge in [-0.25, -0.2) is 0 Å². The molecule has 0 aromatic heterocycles. The van der Waals surface area contributed by atoms with Crippen LogP contribution in [0.3, 0.4) is 0 Å². The normalized spacial score (nSPS) is 32.2. The Morgan fingerprint density at radius 3 is 2.82 bits per heavy atom. The summed E-state index contributed by atoms with van der Waals surface area (Å²) < 4.78 is 5.59. The van der Waals surface area contributed by atoms with Crippen molar-refractivity contribution in [2.45, 2.75) is 65.9 Å². The van der Waals surface area contributed by atoms with Gasteiger partial charge in [0.2, 0.25) is 0 Å². The molecule has 0 saturated carbocycles. The van der Waals surface area contributed by atoms with Gasteiger partial charge in [-0.3, -0.25) is 9.59 Å². The predicted molar refractivity (Wildman–Crippen MR) is 87.3 cm³/mol. The van der Waals surface area contributed by atoms with Crippen molar-refractivity contribution in [3.63, 3.8) is 0 Å². The second-order valence-electron chi connectivity index (χ2n) is 7.13. The van der Waals surface area contributed by atoms with Gasteiger partial charge in [-0.2, -0.15) is 0 Å². The fourth-order valence-electron chi connectivity index (χ4n) is 3.74. The fourth-order valence-corrected chi connectivity index (χ4v) is 3.74. The highest BCUT2D eigenvalue weighted by Crippen LogP contribution is 2.41. The lowest BCUT2D eigenvalue weighted by atomic mass is 9.75. The van der Waals surface area contributed by atoms with E-state index in [4.69, 9.17) is 4.74 Å². The lowest BCUT2D eigenvalue weighted by Gasteiger charge is -2.26. The molecule has 2 rings (SSSR count). The Labute approximate surface area is 133 Å². The number of ether oxygens (including phenoxy) is 1. The summed E-state index contributed by atoms with van der Waals surface area (Å²) >= 11 is 0. The van der Waals surface area contributed by atoms with Gasteiger partial charge in [0, 0.05) is 18.8 Å². The minimum Gasteiger partial charge on any atom is -0.461 e. The van der Waals surface area contributed by atoms with Crippen LogP contribution in [0.5, 0.6) is 0 Å². The first-order valence-electron chi connectivity index (χ1n) is 8.42. The van der Waals surface area contributed by atoms with E-state index >= 15 is 0 Å². The topological polar surface area (TPSA) is 43.4 Å². The summed E-state index contributed by atoms with van der Waals surface area (Å²) in [6, 6.07) is 0. The van der Waals surface area contributed by atoms with Gasteiger partial charge in [-0.1, -0.05) is 30.2 Å². The van der Waals surface area contributed by atoms with Crippen LogP contribution in [0, 0.1) is 17.8 Å². The van der Waals surface area contributed by atoms with Crippen molar-refractivity contribution in [3.8, 4) is 0 Å². The van der Waals surface area contributed by atoms with Crippen LogP contribution in [-0.2, 0) is 14.3 Å². The van der Waals surface area contributed by atoms with Crippen LogP contribution < -0.4 is 0 Å². The maximum Gasteiger partial charge on any atom is 0.317 e. The monoisotopic (exact) mass is 304 g/mol. The summed E-state index contributed by atoms with van der Waals surface area (Å²) in [6.45, 7) is 8.43. The summed E-state index contributed by atoms with van der Waals surface area (Å²) in [5, 5.41) is 0. The van der Waals surface area contributed by atoms with Gasteiger partial charge >= 0.3 is 5.97 Å². The lowest BCUT2D eigenvalue weighted by molar-refractivity contribution is -0.146. The van der Waals surface area contributed by atoms with E-state index in [1.165, 1.54) is 11.1 Å². The van der Waals surface area contributed by atoms with Crippen LogP contribution in [0.25, 0.3) is 0 Å². The molecular formula is C19H28O3. The highest BCUT2D eigenvalue weighted by Gasteiger charge is 2.50. The molecule has 1 heterocycles. The molecule has 122 valence electrons. The van der Waals surface area contributed by atoms with Crippen molar-refractivity contribution < 1.29 is 14.3 Å². The number of allylic oxidation sites excluding steroid dienone is 3. The number of hydrogen-bond acceptors (Lipinski definition) is 3. The van der Waals surface area contributed by atoms with Crippen LogP contribution >= 0.6 is 0 Å². The molecule has 0 spiro atoms. The van der Waals surface area contributed by atoms with Gasteiger partial charge in [-0.15, -0.1) is 0 Å². The molecule has 1 aliphatic heterocycles. The molecule has 1 fully saturated rings. The third-order valence-electron chi connectivity index (χ3n) is 4.92. The average Bonchev–Trinajstić information content (AvgIpc) is 2.75. The third-order valence-corrected chi connectivity index (χ3v) is 4.92. The molecular weight excluding hydrogens is 276 g/mol. The first kappa shape index (κ1) is 17.0. The van der Waals surface area contributed by atoms with Gasteiger partial charge < -0.3 is 4.74 Å². The summed E-state index contributed by atoms with van der Waals surface area (Å²) in [5.74, 6) is -0.411. The summed E-state index contributed by atoms with van der Waals surface area (Å²) in [4.78, 5) is 24.7. The van der Waals surface area contributed by atoms with Crippen molar-refractivity contribution >= 4 is 11.8 Å². The van der Waals surface area contributed by atoms with Gasteiger partial charge in [0.15, 0.2) is 0 Å². The highest BCUT2D eigenvalue weighted by atomic mass is 16.6. The highest BCUT2D eigenvalue weighted by molar-refractivity contribution is 6.00. The summed E-state index contributed by atoms with van der Waals surface area (Å²) in [5.41, 5.74) is 2.54. The van der Waals surface area contributed by atoms with Crippen molar-refractivity contribution in [1.82, 2.24) is 0 Å². The van der Waals surface area contributed by atoms with E-state index in [0.29, 0.717) is 12.3 Å². The van der Waals surface area contributed by atoms with E-state index in [9.17, 15) is 9.59 Å². The zero-order valence-electron chi connectivity index (χ0n) is 14.2. The largest absolute Gasteiger partial charge is 0.461 e. The minimum absolute atomic E-state index is 0.0343. The number of rotatable bonds is 4. The smallest absolute Gasteiger partial charge is 0.317 e. The third kappa shape index (κ3) is 3.88. The number of carbonyl (C=O) groups excluding carboxylic acids is 2. The molecule has 22 heavy (non-hydrogen) atoms. The maximum absolute atomic E-state index is 12.4. The second-order valence-corrected chi connectivity index (χ2v) is 7.13. The van der Waals surface area contributed by atoms with Crippen molar-refractivity contribution in [2.24, 2.45) is 17.8 Å². The molecule has 0 unspecified atom stereocenters. The Balaban J connectivity index is 2.19. The van der Waals surface area contributed by atoms with Crippen LogP contribution in [0.15, 0.2) is 23.3 Å². The molecule has 2 aliphatic rings. The van der Waals surface area contributed by atoms with Gasteiger partial charge in [0.05, 0.1) is 0 Å². The molecule has 1 aliphatic carbocycles. The Morgan fingerprint density at radius 1 is 1.41 bits per heavy atom. The number of hydrogen-bond donors (Lipinski definition) is 0. The Hall–Kier alpha value is -1.38. The number of fused-ring (bicyclic) bond motifs is 2. The fraction of sp³-hybridized carbons (Fsp3) is 0.684. The number of ketones is 1. The molecule has 0 radical (unpaired) electrons. The van der Waals surface area contributed by atoms with E-state index in [-0.39, 0.29) is 23.8 Å². The Kier molecular flexibility index (Phi) is 5.60. The van der Waals surface area contributed by atoms with E-state index < -0.39 is 5.92 Å². The molecule has 0 aromatic rings. The number of esters is 1. The first-order chi connectivity index (χ1) is 10.4. The molecule has 2 bridgehead atoms. The van der Waals surface area contributed by atoms with Gasteiger partial charge in [0.25, 0.3) is 0 Å². The minimum atomic E-state index is -0.536. The van der Waals surface area contributed by atoms with E-state index in [0.717, 1.165) is 25.7 Å². The summed E-state index contributed by atoms with van der Waals surface area (Å²) in [6.07, 6.45) is 8.19. The van der Waals surface area contributed by atoms with Crippen molar-refractivity contribution in [2.75, 3.05) is 0 Å². The molecule has 0 aromatic carbocycles. The predicted octanol–water partition coefficient (Wildman–Crippen LogP) is 4.23. The quantitative estimate of drug-likeness (QED) is 0.443. The second kappa shape index (κ2) is 7.26. The van der Waals surface area contributed by atoms with Crippen LogP contribution in [0.4, 0.5) is 0 Å². The number of Topliss-reactive ketones (excluding diaryl/α,β-unsaturated/α-hetero) is 1. The van der Waals surface area contributed by atoms with Crippen molar-refractivity contribution in [3.05, 3.63) is 23.3 Å². The molecule has 3 nitrogen and oxygen atoms in total. The molecule has 0 amide bonds. The summed E-state index contributed by atoms with van der Waals surface area (Å²) in [7, 11) is 0. The maximum atomic E-state index is 12.4. The SMILES string of the molecule is CC(C)=CCC[C@@H](C)[C@H]1[C@@H]2C(=O)CC/C=C(\C)C[C@H]1OC2=O. The first-order valence-corrected chi connectivity index (χ1v) is 8.42. The molecule has 3 heteroatoms. The zero-order valence-corrected chi connectivity index (χ0v) is 14.2. The number of carbonyl (C=O) groups is 2. The Bertz CT molecular complexity index is 497. The zero-order chi connectivity index (χ0) is 16.3. The Morgan fingerprint density at radius 2 is 2.14 bits per heavy atom. The van der Waals surface area contributed by atoms with E-state index in [2.05, 4.69) is 39.8 Å². The van der Waals surface area contributed by atoms with Crippen LogP contribution in [-0.4, -0.2) is 17.9 Å². The standard InChI is InChI=1S/C19H28O3/c1-12(2)7-5-9-14(4)17-16-11-13(3)8-6-10-15(20)18(17)19(21)22-16/h7-8,14,16-18H,5-6,9-11H2,1-4H3/b13-8+/t14-,16-,17-,18+/m1/s1. The molecule has 0 N–H and O–H groups in total. The van der Waals surface area contributed by atoms with Gasteiger partial charge in [0.1, 0.15) is 17.8 Å².